The maximum absolute atomic E-state index is 13.2. The standard InChI is InChI=1S/C23H37N3O4S/c1-3-4-6-9-19(2)24-23(27)21-18-20(31(28,29)26-12-7-5-8-13-26)10-11-22(21)25-14-16-30-17-15-25/h10-11,18-19H,3-9,12-17H2,1-2H3,(H,24,27)/t19-/m0/s1. The summed E-state index contributed by atoms with van der Waals surface area (Å²) in [5.74, 6) is -0.207. The van der Waals surface area contributed by atoms with Crippen LogP contribution in [0.5, 0.6) is 0 Å². The molecule has 2 fully saturated rings. The average molecular weight is 452 g/mol. The third-order valence-electron chi connectivity index (χ3n) is 6.14. The van der Waals surface area contributed by atoms with Gasteiger partial charge in [-0.15, -0.1) is 0 Å². The topological polar surface area (TPSA) is 79.0 Å². The number of morpholine rings is 1. The van der Waals surface area contributed by atoms with Crippen LogP contribution in [0.4, 0.5) is 5.69 Å². The van der Waals surface area contributed by atoms with Crippen LogP contribution in [0.15, 0.2) is 23.1 Å². The van der Waals surface area contributed by atoms with E-state index in [1.54, 1.807) is 22.5 Å². The molecule has 7 nitrogen and oxygen atoms in total. The van der Waals surface area contributed by atoms with E-state index in [0.29, 0.717) is 45.0 Å². The molecule has 8 heteroatoms. The van der Waals surface area contributed by atoms with Crippen molar-refractivity contribution >= 4 is 21.6 Å². The van der Waals surface area contributed by atoms with Crippen LogP contribution in [-0.2, 0) is 14.8 Å². The molecule has 1 aromatic carbocycles. The van der Waals surface area contributed by atoms with Gasteiger partial charge in [0.05, 0.1) is 23.7 Å². The molecule has 2 aliphatic heterocycles. The highest BCUT2D eigenvalue weighted by Crippen LogP contribution is 2.28. The molecule has 2 saturated heterocycles. The molecular formula is C23H37N3O4S. The van der Waals surface area contributed by atoms with Crippen LogP contribution in [-0.4, -0.2) is 64.1 Å². The first-order chi connectivity index (χ1) is 14.9. The van der Waals surface area contributed by atoms with Crippen molar-refractivity contribution < 1.29 is 17.9 Å². The number of piperidine rings is 1. The quantitative estimate of drug-likeness (QED) is 0.582. The summed E-state index contributed by atoms with van der Waals surface area (Å²) < 4.78 is 33.4. The van der Waals surface area contributed by atoms with Gasteiger partial charge in [-0.2, -0.15) is 4.31 Å². The van der Waals surface area contributed by atoms with Crippen LogP contribution in [0.2, 0.25) is 0 Å². The molecule has 1 aromatic rings. The minimum absolute atomic E-state index is 0.0407. The SMILES string of the molecule is CCCCC[C@H](C)NC(=O)c1cc(S(=O)(=O)N2CCCCC2)ccc1N1CCOCC1. The first kappa shape index (κ1) is 24.0. The number of ether oxygens (including phenoxy) is 1. The first-order valence-electron chi connectivity index (χ1n) is 11.7. The van der Waals surface area contributed by atoms with Crippen molar-refractivity contribution in [2.24, 2.45) is 0 Å². The number of carbonyl (C=O) groups excluding carboxylic acids is 1. The van der Waals surface area contributed by atoms with Gasteiger partial charge in [0, 0.05) is 37.9 Å². The van der Waals surface area contributed by atoms with Gasteiger partial charge in [0.2, 0.25) is 10.0 Å². The van der Waals surface area contributed by atoms with Crippen molar-refractivity contribution in [3.63, 3.8) is 0 Å². The lowest BCUT2D eigenvalue weighted by atomic mass is 10.1. The lowest BCUT2D eigenvalue weighted by Gasteiger charge is -2.31. The molecule has 0 saturated carbocycles. The maximum Gasteiger partial charge on any atom is 0.253 e. The molecule has 0 bridgehead atoms. The number of benzene rings is 1. The summed E-state index contributed by atoms with van der Waals surface area (Å²) in [6.07, 6.45) is 7.09. The molecule has 1 amide bonds. The Labute approximate surface area is 187 Å². The van der Waals surface area contributed by atoms with E-state index >= 15 is 0 Å². The van der Waals surface area contributed by atoms with E-state index in [1.807, 2.05) is 6.92 Å². The van der Waals surface area contributed by atoms with E-state index < -0.39 is 10.0 Å². The van der Waals surface area contributed by atoms with Crippen LogP contribution in [0.3, 0.4) is 0 Å². The number of rotatable bonds is 9. The molecule has 3 rings (SSSR count). The predicted octanol–water partition coefficient (Wildman–Crippen LogP) is 3.40. The summed E-state index contributed by atoms with van der Waals surface area (Å²) in [7, 11) is -3.60. The fourth-order valence-corrected chi connectivity index (χ4v) is 5.81. The zero-order chi connectivity index (χ0) is 22.3. The molecule has 174 valence electrons. The molecule has 1 N–H and O–H groups in total. The molecule has 0 spiro atoms. The lowest BCUT2D eigenvalue weighted by Crippen LogP contribution is -2.39. The number of carbonyl (C=O) groups is 1. The molecular weight excluding hydrogens is 414 g/mol. The zero-order valence-corrected chi connectivity index (χ0v) is 19.8. The van der Waals surface area contributed by atoms with E-state index in [4.69, 9.17) is 4.74 Å². The number of nitrogens with one attached hydrogen (secondary N) is 1. The molecule has 0 unspecified atom stereocenters. The highest BCUT2D eigenvalue weighted by atomic mass is 32.2. The monoisotopic (exact) mass is 451 g/mol. The van der Waals surface area contributed by atoms with Gasteiger partial charge >= 0.3 is 0 Å². The molecule has 2 aliphatic rings. The smallest absolute Gasteiger partial charge is 0.253 e. The fraction of sp³-hybridized carbons (Fsp3) is 0.696. The van der Waals surface area contributed by atoms with E-state index in [9.17, 15) is 13.2 Å². The molecule has 31 heavy (non-hydrogen) atoms. The first-order valence-corrected chi connectivity index (χ1v) is 13.1. The van der Waals surface area contributed by atoms with Gasteiger partial charge < -0.3 is 15.0 Å². The maximum atomic E-state index is 13.2. The van der Waals surface area contributed by atoms with Gasteiger partial charge in [0.1, 0.15) is 0 Å². The molecule has 1 atom stereocenters. The van der Waals surface area contributed by atoms with Crippen LogP contribution < -0.4 is 10.2 Å². The Morgan fingerprint density at radius 3 is 2.48 bits per heavy atom. The second-order valence-electron chi connectivity index (χ2n) is 8.61. The molecule has 0 aromatic heterocycles. The van der Waals surface area contributed by atoms with Gasteiger partial charge in [-0.3, -0.25) is 4.79 Å². The Hall–Kier alpha value is -1.64. The summed E-state index contributed by atoms with van der Waals surface area (Å²) in [5, 5.41) is 3.09. The highest BCUT2D eigenvalue weighted by molar-refractivity contribution is 7.89. The second-order valence-corrected chi connectivity index (χ2v) is 10.6. The molecule has 2 heterocycles. The normalized spacial score (nSPS) is 19.2. The summed E-state index contributed by atoms with van der Waals surface area (Å²) in [4.78, 5) is 15.5. The largest absolute Gasteiger partial charge is 0.378 e. The Morgan fingerprint density at radius 2 is 1.81 bits per heavy atom. The Kier molecular flexibility index (Phi) is 8.75. The van der Waals surface area contributed by atoms with Gasteiger partial charge in [-0.25, -0.2) is 8.42 Å². The van der Waals surface area contributed by atoms with Crippen LogP contribution >= 0.6 is 0 Å². The third kappa shape index (κ3) is 6.20. The minimum atomic E-state index is -3.60. The Balaban J connectivity index is 1.87. The van der Waals surface area contributed by atoms with Crippen LogP contribution in [0.25, 0.3) is 0 Å². The van der Waals surface area contributed by atoms with Crippen molar-refractivity contribution in [1.29, 1.82) is 0 Å². The van der Waals surface area contributed by atoms with Crippen molar-refractivity contribution in [2.45, 2.75) is 69.7 Å². The van der Waals surface area contributed by atoms with E-state index in [2.05, 4.69) is 17.1 Å². The second kappa shape index (κ2) is 11.3. The molecule has 0 radical (unpaired) electrons. The van der Waals surface area contributed by atoms with Crippen molar-refractivity contribution in [2.75, 3.05) is 44.3 Å². The number of anilines is 1. The van der Waals surface area contributed by atoms with Gasteiger partial charge in [-0.1, -0.05) is 32.6 Å². The van der Waals surface area contributed by atoms with E-state index in [1.165, 1.54) is 0 Å². The highest BCUT2D eigenvalue weighted by Gasteiger charge is 2.28. The van der Waals surface area contributed by atoms with Gasteiger partial charge in [-0.05, 0) is 44.4 Å². The number of amides is 1. The summed E-state index contributed by atoms with van der Waals surface area (Å²) in [5.41, 5.74) is 1.21. The summed E-state index contributed by atoms with van der Waals surface area (Å²) in [6.45, 7) is 7.83. The predicted molar refractivity (Wildman–Crippen MR) is 123 cm³/mol. The zero-order valence-electron chi connectivity index (χ0n) is 18.9. The fourth-order valence-electron chi connectivity index (χ4n) is 4.27. The van der Waals surface area contributed by atoms with Crippen molar-refractivity contribution in [1.82, 2.24) is 9.62 Å². The number of hydrogen-bond donors (Lipinski definition) is 1. The van der Waals surface area contributed by atoms with E-state index in [-0.39, 0.29) is 16.8 Å². The number of hydrogen-bond acceptors (Lipinski definition) is 5. The summed E-state index contributed by atoms with van der Waals surface area (Å²) >= 11 is 0. The van der Waals surface area contributed by atoms with Gasteiger partial charge in [0.15, 0.2) is 0 Å². The number of unbranched alkanes of at least 4 members (excludes halogenated alkanes) is 2. The minimum Gasteiger partial charge on any atom is -0.378 e. The summed E-state index contributed by atoms with van der Waals surface area (Å²) in [6, 6.07) is 5.05. The average Bonchev–Trinajstić information content (AvgIpc) is 2.80. The van der Waals surface area contributed by atoms with Crippen LogP contribution in [0.1, 0.15) is 69.2 Å². The number of sulfonamides is 1. The lowest BCUT2D eigenvalue weighted by molar-refractivity contribution is 0.0936. The Bertz CT molecular complexity index is 831. The third-order valence-corrected chi connectivity index (χ3v) is 8.03. The van der Waals surface area contributed by atoms with E-state index in [0.717, 1.165) is 50.6 Å². The van der Waals surface area contributed by atoms with Gasteiger partial charge in [0.25, 0.3) is 5.91 Å². The van der Waals surface area contributed by atoms with Crippen molar-refractivity contribution in [3.8, 4) is 0 Å². The molecule has 0 aliphatic carbocycles. The van der Waals surface area contributed by atoms with Crippen LogP contribution in [0, 0.1) is 0 Å². The Morgan fingerprint density at radius 1 is 1.10 bits per heavy atom. The number of nitrogens with zero attached hydrogens (tertiary/aromatic N) is 2. The van der Waals surface area contributed by atoms with Crippen molar-refractivity contribution in [3.05, 3.63) is 23.8 Å².